The Morgan fingerprint density at radius 2 is 1.43 bits per heavy atom. The van der Waals surface area contributed by atoms with Crippen LogP contribution < -0.4 is 0 Å². The van der Waals surface area contributed by atoms with Crippen LogP contribution in [-0.4, -0.2) is 33.2 Å². The molecule has 2 N–H and O–H groups in total. The Morgan fingerprint density at radius 3 is 1.50 bits per heavy atom. The largest absolute Gasteiger partial charge is 0.400 e. The molecule has 0 saturated carbocycles. The van der Waals surface area contributed by atoms with Crippen molar-refractivity contribution >= 4 is 8.80 Å². The van der Waals surface area contributed by atoms with Crippen LogP contribution in [0.4, 0.5) is 0 Å². The van der Waals surface area contributed by atoms with Crippen LogP contribution in [0.2, 0.25) is 19.6 Å². The second-order valence-corrected chi connectivity index (χ2v) is 5.50. The minimum Gasteiger partial charge on any atom is -0.400 e. The van der Waals surface area contributed by atoms with Gasteiger partial charge >= 0.3 is 0 Å². The molecule has 0 heterocycles. The Hall–Kier alpha value is 0.331. The number of rotatable bonds is 0. The van der Waals surface area contributed by atoms with Crippen molar-refractivity contribution in [2.24, 2.45) is 0 Å². The summed E-state index contributed by atoms with van der Waals surface area (Å²) in [6.45, 7) is 6.81. The van der Waals surface area contributed by atoms with E-state index in [2.05, 4.69) is 31.8 Å². The first kappa shape index (κ1) is 23.9. The summed E-state index contributed by atoms with van der Waals surface area (Å²) in [5, 5.41) is 14.0. The Bertz CT molecular complexity index is 102. The summed E-state index contributed by atoms with van der Waals surface area (Å²) in [6, 6.07) is 0. The zero-order valence-electron chi connectivity index (χ0n) is 9.83. The summed E-state index contributed by atoms with van der Waals surface area (Å²) >= 11 is 0. The van der Waals surface area contributed by atoms with Gasteiger partial charge in [-0.15, -0.1) is 6.42 Å². The number of hydrogen-bond acceptors (Lipinski definition) is 2. The van der Waals surface area contributed by atoms with E-state index in [1.807, 2.05) is 12.2 Å². The molecule has 0 fully saturated rings. The second-order valence-electron chi connectivity index (χ2n) is 2.50. The number of aliphatic hydroxyl groups excluding tert-OH is 2. The van der Waals surface area contributed by atoms with Crippen molar-refractivity contribution in [3.05, 3.63) is 24.3 Å². The normalized spacial score (nSPS) is 9.71. The zero-order valence-corrected chi connectivity index (χ0v) is 12.4. The van der Waals surface area contributed by atoms with E-state index in [0.29, 0.717) is 0 Å². The minimum absolute atomic E-state index is 0. The van der Waals surface area contributed by atoms with E-state index in [1.54, 1.807) is 0 Å². The van der Waals surface area contributed by atoms with Gasteiger partial charge in [-0.1, -0.05) is 19.6 Å². The molecule has 0 bridgehead atoms. The average Bonchev–Trinajstić information content (AvgIpc) is 2.67. The van der Waals surface area contributed by atoms with Crippen molar-refractivity contribution in [1.82, 2.24) is 0 Å². The monoisotopic (exact) mass is 250 g/mol. The van der Waals surface area contributed by atoms with E-state index in [0.717, 1.165) is 20.6 Å². The molecule has 0 amide bonds. The second kappa shape index (κ2) is 29.2. The summed E-state index contributed by atoms with van der Waals surface area (Å²) < 4.78 is 0. The summed E-state index contributed by atoms with van der Waals surface area (Å²) in [4.78, 5) is 0. The van der Waals surface area contributed by atoms with Gasteiger partial charge < -0.3 is 10.2 Å². The fourth-order valence-corrected chi connectivity index (χ4v) is 0.340. The van der Waals surface area contributed by atoms with Crippen LogP contribution in [-0.2, 0) is 21.7 Å². The molecular weight excluding hydrogens is 228 g/mol. The van der Waals surface area contributed by atoms with E-state index < -0.39 is 0 Å². The van der Waals surface area contributed by atoms with Gasteiger partial charge in [-0.05, 0) is 0 Å². The van der Waals surface area contributed by atoms with Gasteiger partial charge in [0.25, 0.3) is 0 Å². The molecule has 0 aromatic rings. The van der Waals surface area contributed by atoms with Crippen molar-refractivity contribution in [1.29, 1.82) is 0 Å². The van der Waals surface area contributed by atoms with E-state index in [-0.39, 0.29) is 30.5 Å². The number of aliphatic hydroxyl groups is 2. The fourth-order valence-electron chi connectivity index (χ4n) is 0.340. The topological polar surface area (TPSA) is 40.5 Å². The summed E-state index contributed by atoms with van der Waals surface area (Å²) in [5.41, 5.74) is 0. The van der Waals surface area contributed by atoms with Crippen molar-refractivity contribution in [2.45, 2.75) is 26.1 Å². The van der Waals surface area contributed by atoms with Gasteiger partial charge in [0.2, 0.25) is 0 Å². The first-order chi connectivity index (χ1) is 6.23. The standard InChI is InChI=1S/C5H5.C3H9Si.2CH4O.Ti/c1-2-4-5-3-1;1-4(2)3;2*1-2;/h1-3H,4H2;1-3H3;2*2H,1H3;/q-1;;;;. The molecule has 0 aliphatic heterocycles. The number of hydrogen-bond donors (Lipinski definition) is 2. The van der Waals surface area contributed by atoms with Crippen molar-refractivity contribution < 1.29 is 31.9 Å². The zero-order chi connectivity index (χ0) is 11.1. The maximum atomic E-state index is 7.00. The molecule has 0 aromatic heterocycles. The van der Waals surface area contributed by atoms with Gasteiger partial charge in [0.15, 0.2) is 0 Å². The molecule has 1 aliphatic carbocycles. The predicted molar refractivity (Wildman–Crippen MR) is 61.2 cm³/mol. The molecule has 2 nitrogen and oxygen atoms in total. The first-order valence-corrected chi connectivity index (χ1v) is 7.11. The SMILES string of the molecule is CO.CO.C[Si](C)C.[C-]1=CC=CC1.[Ti]. The smallest absolute Gasteiger partial charge is 0.0379 e. The third-order valence-electron chi connectivity index (χ3n) is 0.586. The third kappa shape index (κ3) is 55.7. The van der Waals surface area contributed by atoms with Crippen molar-refractivity contribution in [3.63, 3.8) is 0 Å². The summed E-state index contributed by atoms with van der Waals surface area (Å²) in [7, 11) is 2.12. The van der Waals surface area contributed by atoms with Gasteiger partial charge in [-0.3, -0.25) is 6.08 Å². The average molecular weight is 250 g/mol. The molecule has 0 spiro atoms. The quantitative estimate of drug-likeness (QED) is 0.509. The van der Waals surface area contributed by atoms with Gasteiger partial charge in [0.1, 0.15) is 0 Å². The molecule has 0 saturated heterocycles. The van der Waals surface area contributed by atoms with Gasteiger partial charge in [-0.25, -0.2) is 12.2 Å². The summed E-state index contributed by atoms with van der Waals surface area (Å²) in [6.07, 6.45) is 10.0. The molecule has 1 rings (SSSR count). The van der Waals surface area contributed by atoms with Crippen LogP contribution in [0.3, 0.4) is 0 Å². The predicted octanol–water partition coefficient (Wildman–Crippen LogP) is 1.89. The summed E-state index contributed by atoms with van der Waals surface area (Å²) in [5.74, 6) is 0. The molecule has 0 unspecified atom stereocenters. The van der Waals surface area contributed by atoms with E-state index >= 15 is 0 Å². The molecule has 4 heteroatoms. The third-order valence-corrected chi connectivity index (χ3v) is 0.586. The fraction of sp³-hybridized carbons (Fsp3) is 0.600. The Kier molecular flexibility index (Phi) is 49.8. The van der Waals surface area contributed by atoms with Crippen LogP contribution in [0.1, 0.15) is 6.42 Å². The maximum absolute atomic E-state index is 7.00. The Morgan fingerprint density at radius 1 is 1.07 bits per heavy atom. The van der Waals surface area contributed by atoms with Crippen LogP contribution >= 0.6 is 0 Å². The van der Waals surface area contributed by atoms with Crippen LogP contribution in [0, 0.1) is 6.08 Å². The first-order valence-electron chi connectivity index (χ1n) is 4.11. The Labute approximate surface area is 105 Å². The van der Waals surface area contributed by atoms with Crippen LogP contribution in [0.15, 0.2) is 18.2 Å². The van der Waals surface area contributed by atoms with Gasteiger partial charge in [0.05, 0.1) is 0 Å². The van der Waals surface area contributed by atoms with Crippen molar-refractivity contribution in [2.75, 3.05) is 14.2 Å². The molecule has 83 valence electrons. The van der Waals surface area contributed by atoms with E-state index in [1.165, 1.54) is 0 Å². The molecule has 0 atom stereocenters. The molecular formula is C10H22O2SiTi-. The van der Waals surface area contributed by atoms with Gasteiger partial charge in [-0.2, -0.15) is 6.08 Å². The maximum Gasteiger partial charge on any atom is 0.0379 e. The van der Waals surface area contributed by atoms with Crippen LogP contribution in [0.5, 0.6) is 0 Å². The molecule has 14 heavy (non-hydrogen) atoms. The van der Waals surface area contributed by atoms with E-state index in [9.17, 15) is 0 Å². The Balaban J connectivity index is -0.0000000511. The molecule has 1 radical (unpaired) electrons. The van der Waals surface area contributed by atoms with Crippen LogP contribution in [0.25, 0.3) is 0 Å². The minimum atomic E-state index is 0. The van der Waals surface area contributed by atoms with Gasteiger partial charge in [0, 0.05) is 44.7 Å². The number of allylic oxidation sites excluding steroid dienone is 4. The molecule has 1 aliphatic rings. The van der Waals surface area contributed by atoms with Crippen molar-refractivity contribution in [3.8, 4) is 0 Å². The molecule has 0 aromatic carbocycles. The van der Waals surface area contributed by atoms with E-state index in [4.69, 9.17) is 10.2 Å².